The Labute approximate surface area is 186 Å². The van der Waals surface area contributed by atoms with Crippen molar-refractivity contribution in [1.82, 2.24) is 9.88 Å². The van der Waals surface area contributed by atoms with Crippen molar-refractivity contribution in [2.75, 3.05) is 26.3 Å². The summed E-state index contributed by atoms with van der Waals surface area (Å²) in [5, 5.41) is 9.02. The van der Waals surface area contributed by atoms with Crippen LogP contribution >= 0.6 is 0 Å². The number of benzene rings is 2. The van der Waals surface area contributed by atoms with E-state index < -0.39 is 15.8 Å². The van der Waals surface area contributed by atoms with E-state index in [1.54, 1.807) is 31.2 Å². The van der Waals surface area contributed by atoms with Crippen molar-refractivity contribution < 1.29 is 27.5 Å². The van der Waals surface area contributed by atoms with E-state index in [-0.39, 0.29) is 22.1 Å². The summed E-state index contributed by atoms with van der Waals surface area (Å²) >= 11 is 0. The van der Waals surface area contributed by atoms with E-state index in [2.05, 4.69) is 9.88 Å². The van der Waals surface area contributed by atoms with Gasteiger partial charge in [-0.05, 0) is 48.9 Å². The fraction of sp³-hybridized carbons (Fsp3) is 0.304. The standard InChI is InChI=1S/C23H24N2O6S/c1-16-21(24-22(31-16)18-4-6-19(7-5-18)23(26)27)15-32(28,29)20-8-2-17(3-9-20)14-25-10-12-30-13-11-25/h2-9H,10-15H2,1H3,(H,26,27). The van der Waals surface area contributed by atoms with Crippen LogP contribution in [0.15, 0.2) is 57.8 Å². The average Bonchev–Trinajstić information content (AvgIpc) is 3.14. The second kappa shape index (κ2) is 9.23. The van der Waals surface area contributed by atoms with Gasteiger partial charge in [0.1, 0.15) is 11.5 Å². The van der Waals surface area contributed by atoms with Crippen LogP contribution < -0.4 is 0 Å². The molecule has 0 bridgehead atoms. The molecule has 1 N–H and O–H groups in total. The Morgan fingerprint density at radius 1 is 1.06 bits per heavy atom. The van der Waals surface area contributed by atoms with E-state index >= 15 is 0 Å². The number of rotatable bonds is 7. The number of carboxylic acids is 1. The molecule has 0 spiro atoms. The molecule has 0 unspecified atom stereocenters. The van der Waals surface area contributed by atoms with E-state index in [0.717, 1.165) is 38.4 Å². The summed E-state index contributed by atoms with van der Waals surface area (Å²) in [5.41, 5.74) is 2.11. The number of aromatic carboxylic acids is 1. The molecule has 1 aliphatic rings. The Morgan fingerprint density at radius 3 is 2.34 bits per heavy atom. The highest BCUT2D eigenvalue weighted by molar-refractivity contribution is 7.90. The highest BCUT2D eigenvalue weighted by Crippen LogP contribution is 2.25. The van der Waals surface area contributed by atoms with Crippen molar-refractivity contribution in [1.29, 1.82) is 0 Å². The summed E-state index contributed by atoms with van der Waals surface area (Å²) in [6.07, 6.45) is 0. The molecule has 4 rings (SSSR count). The van der Waals surface area contributed by atoms with Crippen LogP contribution in [0.3, 0.4) is 0 Å². The topological polar surface area (TPSA) is 110 Å². The molecule has 1 saturated heterocycles. The Balaban J connectivity index is 1.47. The third kappa shape index (κ3) is 5.07. The molecule has 0 amide bonds. The summed E-state index contributed by atoms with van der Waals surface area (Å²) in [5.74, 6) is -0.638. The van der Waals surface area contributed by atoms with Crippen molar-refractivity contribution in [3.8, 4) is 11.5 Å². The first-order chi connectivity index (χ1) is 15.3. The number of aromatic nitrogens is 1. The highest BCUT2D eigenvalue weighted by atomic mass is 32.2. The minimum absolute atomic E-state index is 0.150. The van der Waals surface area contributed by atoms with Gasteiger partial charge in [0, 0.05) is 25.2 Å². The van der Waals surface area contributed by atoms with Gasteiger partial charge in [0.25, 0.3) is 0 Å². The number of carbonyl (C=O) groups is 1. The molecule has 2 aromatic carbocycles. The molecule has 3 aromatic rings. The van der Waals surface area contributed by atoms with Crippen molar-refractivity contribution in [3.05, 3.63) is 71.1 Å². The van der Waals surface area contributed by atoms with Crippen LogP contribution in [-0.4, -0.2) is 55.7 Å². The fourth-order valence-electron chi connectivity index (χ4n) is 3.52. The Bertz CT molecular complexity index is 1190. The lowest BCUT2D eigenvalue weighted by molar-refractivity contribution is 0.0342. The van der Waals surface area contributed by atoms with Crippen LogP contribution in [0.1, 0.15) is 27.4 Å². The Morgan fingerprint density at radius 2 is 1.72 bits per heavy atom. The van der Waals surface area contributed by atoms with Crippen LogP contribution in [-0.2, 0) is 26.9 Å². The number of carboxylic acid groups (broad SMARTS) is 1. The molecule has 0 saturated carbocycles. The van der Waals surface area contributed by atoms with Gasteiger partial charge in [0.2, 0.25) is 5.89 Å². The van der Waals surface area contributed by atoms with Gasteiger partial charge in [-0.15, -0.1) is 0 Å². The quantitative estimate of drug-likeness (QED) is 0.577. The zero-order valence-corrected chi connectivity index (χ0v) is 18.5. The summed E-state index contributed by atoms with van der Waals surface area (Å²) in [6, 6.07) is 13.0. The zero-order valence-electron chi connectivity index (χ0n) is 17.7. The highest BCUT2D eigenvalue weighted by Gasteiger charge is 2.21. The third-order valence-corrected chi connectivity index (χ3v) is 7.03. The van der Waals surface area contributed by atoms with E-state index in [0.29, 0.717) is 17.0 Å². The van der Waals surface area contributed by atoms with Crippen LogP contribution in [0, 0.1) is 6.92 Å². The second-order valence-electron chi connectivity index (χ2n) is 7.70. The number of sulfone groups is 1. The first-order valence-electron chi connectivity index (χ1n) is 10.2. The van der Waals surface area contributed by atoms with Gasteiger partial charge in [-0.25, -0.2) is 18.2 Å². The van der Waals surface area contributed by atoms with Crippen LogP contribution in [0.4, 0.5) is 0 Å². The van der Waals surface area contributed by atoms with Crippen LogP contribution in [0.5, 0.6) is 0 Å². The first-order valence-corrected chi connectivity index (χ1v) is 11.9. The smallest absolute Gasteiger partial charge is 0.335 e. The molecule has 32 heavy (non-hydrogen) atoms. The maximum Gasteiger partial charge on any atom is 0.335 e. The molecule has 0 radical (unpaired) electrons. The minimum atomic E-state index is -3.61. The normalized spacial score (nSPS) is 15.0. The number of nitrogens with zero attached hydrogens (tertiary/aromatic N) is 2. The predicted molar refractivity (Wildman–Crippen MR) is 117 cm³/mol. The molecule has 1 fully saturated rings. The van der Waals surface area contributed by atoms with Crippen LogP contribution in [0.2, 0.25) is 0 Å². The van der Waals surface area contributed by atoms with Gasteiger partial charge in [-0.2, -0.15) is 0 Å². The molecular formula is C23H24N2O6S. The Kier molecular flexibility index (Phi) is 6.40. The number of morpholine rings is 1. The van der Waals surface area contributed by atoms with Crippen LogP contribution in [0.25, 0.3) is 11.5 Å². The molecule has 2 heterocycles. The Hall–Kier alpha value is -3.01. The number of hydrogen-bond donors (Lipinski definition) is 1. The zero-order chi connectivity index (χ0) is 22.7. The summed E-state index contributed by atoms with van der Waals surface area (Å²) < 4.78 is 36.9. The lowest BCUT2D eigenvalue weighted by Gasteiger charge is -2.26. The van der Waals surface area contributed by atoms with Gasteiger partial charge in [-0.3, -0.25) is 4.90 Å². The molecular weight excluding hydrogens is 432 g/mol. The van der Waals surface area contributed by atoms with Gasteiger partial charge in [0.05, 0.1) is 29.4 Å². The van der Waals surface area contributed by atoms with Crippen molar-refractivity contribution in [2.24, 2.45) is 0 Å². The third-order valence-electron chi connectivity index (χ3n) is 5.39. The number of ether oxygens (including phenoxy) is 1. The SMILES string of the molecule is Cc1oc(-c2ccc(C(=O)O)cc2)nc1CS(=O)(=O)c1ccc(CN2CCOCC2)cc1. The maximum absolute atomic E-state index is 12.9. The molecule has 1 aromatic heterocycles. The van der Waals surface area contributed by atoms with E-state index in [1.807, 2.05) is 12.1 Å². The van der Waals surface area contributed by atoms with E-state index in [4.69, 9.17) is 14.3 Å². The minimum Gasteiger partial charge on any atom is -0.478 e. The van der Waals surface area contributed by atoms with Gasteiger partial charge < -0.3 is 14.3 Å². The second-order valence-corrected chi connectivity index (χ2v) is 9.69. The summed E-state index contributed by atoms with van der Waals surface area (Å²) in [7, 11) is -3.61. The molecule has 9 heteroatoms. The predicted octanol–water partition coefficient (Wildman–Crippen LogP) is 3.15. The van der Waals surface area contributed by atoms with Gasteiger partial charge >= 0.3 is 5.97 Å². The maximum atomic E-state index is 12.9. The monoisotopic (exact) mass is 456 g/mol. The number of hydrogen-bond acceptors (Lipinski definition) is 7. The number of oxazole rings is 1. The average molecular weight is 457 g/mol. The first kappa shape index (κ1) is 22.2. The lowest BCUT2D eigenvalue weighted by Crippen LogP contribution is -2.35. The van der Waals surface area contributed by atoms with Crippen molar-refractivity contribution >= 4 is 15.8 Å². The summed E-state index contributed by atoms with van der Waals surface area (Å²) in [6.45, 7) is 5.60. The van der Waals surface area contributed by atoms with Crippen molar-refractivity contribution in [3.63, 3.8) is 0 Å². The van der Waals surface area contributed by atoms with E-state index in [1.165, 1.54) is 12.1 Å². The van der Waals surface area contributed by atoms with E-state index in [9.17, 15) is 13.2 Å². The summed E-state index contributed by atoms with van der Waals surface area (Å²) in [4.78, 5) is 17.9. The molecule has 1 aliphatic heterocycles. The molecule has 8 nitrogen and oxygen atoms in total. The lowest BCUT2D eigenvalue weighted by atomic mass is 10.1. The molecule has 0 atom stereocenters. The fourth-order valence-corrected chi connectivity index (χ4v) is 4.87. The largest absolute Gasteiger partial charge is 0.478 e. The van der Waals surface area contributed by atoms with Gasteiger partial charge in [-0.1, -0.05) is 12.1 Å². The van der Waals surface area contributed by atoms with Crippen molar-refractivity contribution in [2.45, 2.75) is 24.1 Å². The number of aryl methyl sites for hydroxylation is 1. The molecule has 168 valence electrons. The molecule has 0 aliphatic carbocycles. The van der Waals surface area contributed by atoms with Gasteiger partial charge in [0.15, 0.2) is 9.84 Å².